The van der Waals surface area contributed by atoms with Crippen molar-refractivity contribution in [2.45, 2.75) is 82.6 Å². The van der Waals surface area contributed by atoms with E-state index in [1.807, 2.05) is 0 Å². The van der Waals surface area contributed by atoms with E-state index in [1.54, 1.807) is 0 Å². The zero-order chi connectivity index (χ0) is 16.4. The number of nitrogens with one attached hydrogen (secondary N) is 2. The Labute approximate surface area is 138 Å². The molecule has 0 aromatic rings. The number of carbonyl (C=O) groups excluding carboxylic acids is 1. The molecule has 132 valence electrons. The monoisotopic (exact) mass is 326 g/mol. The second-order valence-corrected chi connectivity index (χ2v) is 7.97. The molecule has 1 aliphatic heterocycles. The summed E-state index contributed by atoms with van der Waals surface area (Å²) in [5.74, 6) is 1.03. The Balaban J connectivity index is 1.53. The highest BCUT2D eigenvalue weighted by Gasteiger charge is 2.46. The second kappa shape index (κ2) is 7.47. The van der Waals surface area contributed by atoms with Gasteiger partial charge in [0.25, 0.3) is 0 Å². The van der Waals surface area contributed by atoms with Gasteiger partial charge in [-0.3, -0.25) is 4.79 Å². The number of alkyl halides is 1. The van der Waals surface area contributed by atoms with Gasteiger partial charge in [0.05, 0.1) is 6.04 Å². The molecule has 3 N–H and O–H groups in total. The zero-order valence-corrected chi connectivity index (χ0v) is 14.1. The van der Waals surface area contributed by atoms with Crippen molar-refractivity contribution >= 4 is 5.91 Å². The van der Waals surface area contributed by atoms with Crippen LogP contribution in [0.2, 0.25) is 0 Å². The molecule has 1 heterocycles. The number of aliphatic hydroxyl groups is 1. The topological polar surface area (TPSA) is 61.4 Å². The summed E-state index contributed by atoms with van der Waals surface area (Å²) in [6.07, 6.45) is 6.52. The van der Waals surface area contributed by atoms with Gasteiger partial charge in [-0.25, -0.2) is 4.39 Å². The molecule has 2 aliphatic carbocycles. The molecule has 0 aromatic heterocycles. The molecule has 4 nitrogen and oxygen atoms in total. The summed E-state index contributed by atoms with van der Waals surface area (Å²) in [5.41, 5.74) is 0. The molecule has 3 rings (SSSR count). The SMILES string of the molecule is CC1CCC(F)C2CC(C(=O)NC3CCCC(CCO)C3)NC12. The van der Waals surface area contributed by atoms with Crippen LogP contribution in [0.1, 0.15) is 58.3 Å². The van der Waals surface area contributed by atoms with Crippen molar-refractivity contribution < 1.29 is 14.3 Å². The quantitative estimate of drug-likeness (QED) is 0.742. The minimum atomic E-state index is -0.759. The molecule has 0 spiro atoms. The van der Waals surface area contributed by atoms with Crippen molar-refractivity contribution in [2.24, 2.45) is 17.8 Å². The van der Waals surface area contributed by atoms with Crippen molar-refractivity contribution in [1.82, 2.24) is 10.6 Å². The fourth-order valence-electron chi connectivity index (χ4n) is 4.97. The lowest BCUT2D eigenvalue weighted by molar-refractivity contribution is -0.124. The molecule has 1 saturated heterocycles. The Bertz CT molecular complexity index is 400. The van der Waals surface area contributed by atoms with E-state index < -0.39 is 6.17 Å². The van der Waals surface area contributed by atoms with Crippen LogP contribution in [-0.2, 0) is 4.79 Å². The maximum Gasteiger partial charge on any atom is 0.237 e. The normalized spacial score (nSPS) is 43.9. The Hall–Kier alpha value is -0.680. The molecule has 7 atom stereocenters. The molecular weight excluding hydrogens is 295 g/mol. The van der Waals surface area contributed by atoms with Crippen molar-refractivity contribution in [3.05, 3.63) is 0 Å². The Morgan fingerprint density at radius 3 is 2.83 bits per heavy atom. The lowest BCUT2D eigenvalue weighted by Crippen LogP contribution is -2.49. The van der Waals surface area contributed by atoms with Crippen molar-refractivity contribution in [2.75, 3.05) is 6.61 Å². The third-order valence-electron chi connectivity index (χ3n) is 6.32. The predicted octanol–water partition coefficient (Wildman–Crippen LogP) is 2.16. The fraction of sp³-hybridized carbons (Fsp3) is 0.944. The maximum absolute atomic E-state index is 14.1. The van der Waals surface area contributed by atoms with Crippen LogP contribution < -0.4 is 10.6 Å². The molecule has 1 amide bonds. The standard InChI is InChI=1S/C18H31FN2O2/c1-11-5-6-15(19)14-10-16(21-17(11)14)18(23)20-13-4-2-3-12(9-13)7-8-22/h11-17,21-22H,2-10H2,1H3,(H,20,23). The number of amides is 1. The summed E-state index contributed by atoms with van der Waals surface area (Å²) in [6.45, 7) is 2.39. The van der Waals surface area contributed by atoms with E-state index in [0.29, 0.717) is 24.7 Å². The van der Waals surface area contributed by atoms with Gasteiger partial charge in [0.1, 0.15) is 6.17 Å². The predicted molar refractivity (Wildman–Crippen MR) is 87.7 cm³/mol. The summed E-state index contributed by atoms with van der Waals surface area (Å²) < 4.78 is 14.1. The van der Waals surface area contributed by atoms with Crippen LogP contribution in [0.25, 0.3) is 0 Å². The van der Waals surface area contributed by atoms with Crippen LogP contribution in [0, 0.1) is 17.8 Å². The first-order chi connectivity index (χ1) is 11.1. The highest BCUT2D eigenvalue weighted by molar-refractivity contribution is 5.82. The number of rotatable bonds is 4. The van der Waals surface area contributed by atoms with E-state index in [0.717, 1.165) is 38.5 Å². The van der Waals surface area contributed by atoms with E-state index in [9.17, 15) is 9.18 Å². The molecule has 3 aliphatic rings. The number of aliphatic hydroxyl groups excluding tert-OH is 1. The van der Waals surface area contributed by atoms with Crippen LogP contribution in [0.15, 0.2) is 0 Å². The van der Waals surface area contributed by atoms with Crippen LogP contribution in [0.4, 0.5) is 4.39 Å². The first-order valence-electron chi connectivity index (χ1n) is 9.39. The van der Waals surface area contributed by atoms with Crippen LogP contribution in [0.3, 0.4) is 0 Å². The number of fused-ring (bicyclic) bond motifs is 1. The lowest BCUT2D eigenvalue weighted by atomic mass is 9.77. The average Bonchev–Trinajstić information content (AvgIpc) is 2.98. The lowest BCUT2D eigenvalue weighted by Gasteiger charge is -2.33. The summed E-state index contributed by atoms with van der Waals surface area (Å²) in [7, 11) is 0. The highest BCUT2D eigenvalue weighted by Crippen LogP contribution is 2.38. The van der Waals surface area contributed by atoms with E-state index >= 15 is 0 Å². The van der Waals surface area contributed by atoms with E-state index in [2.05, 4.69) is 17.6 Å². The van der Waals surface area contributed by atoms with Crippen molar-refractivity contribution in [1.29, 1.82) is 0 Å². The van der Waals surface area contributed by atoms with Gasteiger partial charge in [-0.2, -0.15) is 0 Å². The molecule has 2 saturated carbocycles. The van der Waals surface area contributed by atoms with E-state index in [-0.39, 0.29) is 36.6 Å². The van der Waals surface area contributed by atoms with Gasteiger partial charge in [-0.1, -0.05) is 19.8 Å². The summed E-state index contributed by atoms with van der Waals surface area (Å²) in [4.78, 5) is 12.6. The minimum absolute atomic E-state index is 0.00277. The van der Waals surface area contributed by atoms with Crippen molar-refractivity contribution in [3.63, 3.8) is 0 Å². The number of hydrogen-bond acceptors (Lipinski definition) is 3. The molecule has 0 aromatic carbocycles. The third kappa shape index (κ3) is 3.87. The Morgan fingerprint density at radius 2 is 2.09 bits per heavy atom. The summed E-state index contributed by atoms with van der Waals surface area (Å²) in [6, 6.07) is 0.140. The van der Waals surface area contributed by atoms with Gasteiger partial charge in [-0.15, -0.1) is 0 Å². The van der Waals surface area contributed by atoms with Crippen LogP contribution >= 0.6 is 0 Å². The first kappa shape index (κ1) is 17.2. The van der Waals surface area contributed by atoms with Crippen LogP contribution in [0.5, 0.6) is 0 Å². The maximum atomic E-state index is 14.1. The van der Waals surface area contributed by atoms with Gasteiger partial charge in [0.15, 0.2) is 0 Å². The molecule has 3 fully saturated rings. The smallest absolute Gasteiger partial charge is 0.237 e. The number of carbonyl (C=O) groups is 1. The van der Waals surface area contributed by atoms with Gasteiger partial charge in [0.2, 0.25) is 5.91 Å². The third-order valence-corrected chi connectivity index (χ3v) is 6.32. The van der Waals surface area contributed by atoms with E-state index in [1.165, 1.54) is 0 Å². The largest absolute Gasteiger partial charge is 0.396 e. The van der Waals surface area contributed by atoms with E-state index in [4.69, 9.17) is 5.11 Å². The average molecular weight is 326 g/mol. The Kier molecular flexibility index (Phi) is 5.57. The first-order valence-corrected chi connectivity index (χ1v) is 9.39. The fourth-order valence-corrected chi connectivity index (χ4v) is 4.97. The molecule has 0 radical (unpaired) electrons. The van der Waals surface area contributed by atoms with Gasteiger partial charge < -0.3 is 15.7 Å². The molecule has 0 bridgehead atoms. The molecule has 23 heavy (non-hydrogen) atoms. The summed E-state index contributed by atoms with van der Waals surface area (Å²) >= 11 is 0. The van der Waals surface area contributed by atoms with Crippen LogP contribution in [-0.4, -0.2) is 41.9 Å². The zero-order valence-electron chi connectivity index (χ0n) is 14.1. The minimum Gasteiger partial charge on any atom is -0.396 e. The van der Waals surface area contributed by atoms with Gasteiger partial charge >= 0.3 is 0 Å². The molecular formula is C18H31FN2O2. The number of halogens is 1. The second-order valence-electron chi connectivity index (χ2n) is 7.97. The van der Waals surface area contributed by atoms with Crippen molar-refractivity contribution in [3.8, 4) is 0 Å². The highest BCUT2D eigenvalue weighted by atomic mass is 19.1. The number of hydrogen-bond donors (Lipinski definition) is 3. The summed E-state index contributed by atoms with van der Waals surface area (Å²) in [5, 5.41) is 15.7. The van der Waals surface area contributed by atoms with Gasteiger partial charge in [0, 0.05) is 24.6 Å². The van der Waals surface area contributed by atoms with Gasteiger partial charge in [-0.05, 0) is 50.4 Å². The molecule has 7 unspecified atom stereocenters. The molecule has 5 heteroatoms. The Morgan fingerprint density at radius 1 is 1.26 bits per heavy atom.